The smallest absolute Gasteiger partial charge is 0.410 e. The number of ether oxygens (including phenoxy) is 2. The van der Waals surface area contributed by atoms with Crippen molar-refractivity contribution in [3.8, 4) is 0 Å². The zero-order chi connectivity index (χ0) is 21.3. The third-order valence-electron chi connectivity index (χ3n) is 5.08. The summed E-state index contributed by atoms with van der Waals surface area (Å²) in [5.41, 5.74) is 1.78. The van der Waals surface area contributed by atoms with Gasteiger partial charge in [0.15, 0.2) is 0 Å². The molecule has 0 bridgehead atoms. The molecule has 2 aromatic rings. The zero-order valence-electron chi connectivity index (χ0n) is 17.0. The number of carbonyl (C=O) groups is 3. The minimum absolute atomic E-state index is 0.142. The van der Waals surface area contributed by atoms with E-state index >= 15 is 0 Å². The topological polar surface area (TPSA) is 84.9 Å². The minimum atomic E-state index is -0.826. The van der Waals surface area contributed by atoms with Gasteiger partial charge in [0.2, 0.25) is 5.91 Å². The molecule has 0 aliphatic carbocycles. The Labute approximate surface area is 176 Å². The van der Waals surface area contributed by atoms with Crippen molar-refractivity contribution in [1.82, 2.24) is 10.2 Å². The lowest BCUT2D eigenvalue weighted by molar-refractivity contribution is -0.145. The number of carbonyl (C=O) groups excluding carboxylic acids is 3. The highest BCUT2D eigenvalue weighted by Gasteiger charge is 2.37. The summed E-state index contributed by atoms with van der Waals surface area (Å²) in [4.78, 5) is 39.0. The van der Waals surface area contributed by atoms with Crippen LogP contribution >= 0.6 is 0 Å². The maximum Gasteiger partial charge on any atom is 0.410 e. The molecule has 0 radical (unpaired) electrons. The molecule has 1 heterocycles. The van der Waals surface area contributed by atoms with Crippen LogP contribution in [-0.2, 0) is 32.1 Å². The molecule has 0 saturated carbocycles. The fraction of sp³-hybridized carbons (Fsp3) is 0.348. The highest BCUT2D eigenvalue weighted by atomic mass is 16.6. The van der Waals surface area contributed by atoms with Crippen LogP contribution in [0.4, 0.5) is 4.79 Å². The fourth-order valence-corrected chi connectivity index (χ4v) is 3.51. The average molecular weight is 410 g/mol. The molecule has 1 aliphatic rings. The molecule has 1 aliphatic heterocycles. The van der Waals surface area contributed by atoms with Crippen molar-refractivity contribution in [2.75, 3.05) is 13.7 Å². The van der Waals surface area contributed by atoms with E-state index in [2.05, 4.69) is 5.32 Å². The van der Waals surface area contributed by atoms with E-state index in [1.807, 2.05) is 60.7 Å². The Morgan fingerprint density at radius 1 is 1.03 bits per heavy atom. The van der Waals surface area contributed by atoms with Crippen LogP contribution in [0.1, 0.15) is 24.0 Å². The van der Waals surface area contributed by atoms with Gasteiger partial charge in [-0.2, -0.15) is 0 Å². The van der Waals surface area contributed by atoms with Gasteiger partial charge in [-0.1, -0.05) is 60.7 Å². The van der Waals surface area contributed by atoms with Crippen LogP contribution in [0.15, 0.2) is 60.7 Å². The summed E-state index contributed by atoms with van der Waals surface area (Å²) in [5.74, 6) is -0.904. The fourth-order valence-electron chi connectivity index (χ4n) is 3.51. The van der Waals surface area contributed by atoms with Crippen molar-refractivity contribution in [3.05, 3.63) is 71.8 Å². The summed E-state index contributed by atoms with van der Waals surface area (Å²) in [7, 11) is 1.29. The monoisotopic (exact) mass is 410 g/mol. The highest BCUT2D eigenvalue weighted by molar-refractivity contribution is 5.90. The summed E-state index contributed by atoms with van der Waals surface area (Å²) in [6.45, 7) is 0.580. The van der Waals surface area contributed by atoms with E-state index < -0.39 is 24.1 Å². The Morgan fingerprint density at radius 3 is 2.30 bits per heavy atom. The van der Waals surface area contributed by atoms with Gasteiger partial charge in [0.05, 0.1) is 7.11 Å². The lowest BCUT2D eigenvalue weighted by atomic mass is 10.1. The first-order valence-electron chi connectivity index (χ1n) is 9.98. The van der Waals surface area contributed by atoms with Crippen LogP contribution in [-0.4, -0.2) is 48.6 Å². The maximum absolute atomic E-state index is 12.9. The van der Waals surface area contributed by atoms with E-state index in [1.165, 1.54) is 12.0 Å². The second kappa shape index (κ2) is 10.4. The van der Waals surface area contributed by atoms with Crippen LogP contribution in [0, 0.1) is 0 Å². The molecule has 2 amide bonds. The van der Waals surface area contributed by atoms with Crippen LogP contribution in [0.2, 0.25) is 0 Å². The van der Waals surface area contributed by atoms with Crippen molar-refractivity contribution in [2.45, 2.75) is 38.0 Å². The van der Waals surface area contributed by atoms with Crippen LogP contribution < -0.4 is 5.32 Å². The zero-order valence-corrected chi connectivity index (χ0v) is 17.0. The molecule has 1 N–H and O–H groups in total. The first-order chi connectivity index (χ1) is 14.6. The lowest BCUT2D eigenvalue weighted by Crippen LogP contribution is -2.51. The van der Waals surface area contributed by atoms with Gasteiger partial charge in [0, 0.05) is 13.0 Å². The third-order valence-corrected chi connectivity index (χ3v) is 5.08. The lowest BCUT2D eigenvalue weighted by Gasteiger charge is -2.25. The number of hydrogen-bond acceptors (Lipinski definition) is 5. The van der Waals surface area contributed by atoms with Gasteiger partial charge in [-0.3, -0.25) is 9.69 Å². The Bertz CT molecular complexity index is 856. The van der Waals surface area contributed by atoms with Crippen LogP contribution in [0.3, 0.4) is 0 Å². The van der Waals surface area contributed by atoms with Gasteiger partial charge >= 0.3 is 12.1 Å². The SMILES string of the molecule is COC(=O)[C@H](Cc1ccccc1)NC(=O)[C@@H]1CCCN1C(=O)OCc1ccccc1. The molecule has 1 saturated heterocycles. The number of nitrogens with zero attached hydrogens (tertiary/aromatic N) is 1. The van der Waals surface area contributed by atoms with E-state index in [4.69, 9.17) is 9.47 Å². The summed E-state index contributed by atoms with van der Waals surface area (Å²) < 4.78 is 10.2. The summed E-state index contributed by atoms with van der Waals surface area (Å²) in [5, 5.41) is 2.75. The molecule has 0 spiro atoms. The molecule has 1 fully saturated rings. The highest BCUT2D eigenvalue weighted by Crippen LogP contribution is 2.19. The Morgan fingerprint density at radius 2 is 1.67 bits per heavy atom. The quantitative estimate of drug-likeness (QED) is 0.710. The van der Waals surface area contributed by atoms with E-state index in [0.717, 1.165) is 11.1 Å². The molecule has 3 rings (SSSR count). The Hall–Kier alpha value is -3.35. The molecule has 0 aromatic heterocycles. The Kier molecular flexibility index (Phi) is 7.43. The first kappa shape index (κ1) is 21.4. The predicted octanol–water partition coefficient (Wildman–Crippen LogP) is 2.69. The molecular formula is C23H26N2O5. The van der Waals surface area contributed by atoms with Crippen molar-refractivity contribution in [1.29, 1.82) is 0 Å². The molecular weight excluding hydrogens is 384 g/mol. The minimum Gasteiger partial charge on any atom is -0.467 e. The van der Waals surface area contributed by atoms with Gasteiger partial charge in [0.25, 0.3) is 0 Å². The number of hydrogen-bond donors (Lipinski definition) is 1. The standard InChI is InChI=1S/C23H26N2O5/c1-29-22(27)19(15-17-9-4-2-5-10-17)24-21(26)20-13-8-14-25(20)23(28)30-16-18-11-6-3-7-12-18/h2-7,9-12,19-20H,8,13-16H2,1H3,(H,24,26)/t19-,20-/m0/s1. The van der Waals surface area contributed by atoms with E-state index in [9.17, 15) is 14.4 Å². The predicted molar refractivity (Wildman–Crippen MR) is 110 cm³/mol. The number of rotatable bonds is 7. The van der Waals surface area contributed by atoms with Gasteiger partial charge in [-0.25, -0.2) is 9.59 Å². The number of nitrogens with one attached hydrogen (secondary N) is 1. The molecule has 2 atom stereocenters. The Balaban J connectivity index is 1.61. The van der Waals surface area contributed by atoms with Crippen molar-refractivity contribution >= 4 is 18.0 Å². The largest absolute Gasteiger partial charge is 0.467 e. The normalized spacial score (nSPS) is 16.6. The van der Waals surface area contributed by atoms with Gasteiger partial charge in [-0.15, -0.1) is 0 Å². The number of methoxy groups -OCH3 is 1. The number of esters is 1. The maximum atomic E-state index is 12.9. The van der Waals surface area contributed by atoms with Gasteiger partial charge < -0.3 is 14.8 Å². The second-order valence-corrected chi connectivity index (χ2v) is 7.17. The van der Waals surface area contributed by atoms with E-state index in [-0.39, 0.29) is 12.5 Å². The van der Waals surface area contributed by atoms with Gasteiger partial charge in [0.1, 0.15) is 18.7 Å². The summed E-state index contributed by atoms with van der Waals surface area (Å²) in [6, 6.07) is 17.2. The van der Waals surface area contributed by atoms with Crippen molar-refractivity contribution < 1.29 is 23.9 Å². The molecule has 158 valence electrons. The molecule has 30 heavy (non-hydrogen) atoms. The van der Waals surface area contributed by atoms with E-state index in [1.54, 1.807) is 0 Å². The number of likely N-dealkylation sites (tertiary alicyclic amines) is 1. The molecule has 2 aromatic carbocycles. The van der Waals surface area contributed by atoms with Crippen molar-refractivity contribution in [3.63, 3.8) is 0 Å². The molecule has 0 unspecified atom stereocenters. The average Bonchev–Trinajstić information content (AvgIpc) is 3.28. The summed E-state index contributed by atoms with van der Waals surface area (Å²) >= 11 is 0. The first-order valence-corrected chi connectivity index (χ1v) is 9.98. The van der Waals surface area contributed by atoms with E-state index in [0.29, 0.717) is 25.8 Å². The van der Waals surface area contributed by atoms with Crippen LogP contribution in [0.5, 0.6) is 0 Å². The number of amides is 2. The number of benzene rings is 2. The molecule has 7 nitrogen and oxygen atoms in total. The van der Waals surface area contributed by atoms with Gasteiger partial charge in [-0.05, 0) is 24.0 Å². The van der Waals surface area contributed by atoms with Crippen LogP contribution in [0.25, 0.3) is 0 Å². The summed E-state index contributed by atoms with van der Waals surface area (Å²) in [6.07, 6.45) is 0.991. The van der Waals surface area contributed by atoms with Crippen molar-refractivity contribution in [2.24, 2.45) is 0 Å². The molecule has 7 heteroatoms. The second-order valence-electron chi connectivity index (χ2n) is 7.17. The third kappa shape index (κ3) is 5.59.